The summed E-state index contributed by atoms with van der Waals surface area (Å²) in [5, 5.41) is 51.2. The molecular formula is C33H39N5O9. The van der Waals surface area contributed by atoms with Crippen LogP contribution in [0.25, 0.3) is 5.76 Å². The van der Waals surface area contributed by atoms with E-state index >= 15 is 0 Å². The zero-order valence-electron chi connectivity index (χ0n) is 26.7. The molecule has 2 aromatic carbocycles. The first-order valence-electron chi connectivity index (χ1n) is 15.1. The summed E-state index contributed by atoms with van der Waals surface area (Å²) < 4.78 is 0. The number of nitrogens with zero attached hydrogens (tertiary/aromatic N) is 2. The van der Waals surface area contributed by atoms with E-state index in [1.807, 2.05) is 0 Å². The number of phenolic OH excluding ortho intramolecular Hbond substituents is 1. The molecule has 5 rings (SSSR count). The van der Waals surface area contributed by atoms with E-state index in [0.29, 0.717) is 22.5 Å². The van der Waals surface area contributed by atoms with Crippen molar-refractivity contribution in [3.63, 3.8) is 0 Å². The number of aliphatic hydroxyl groups is 3. The van der Waals surface area contributed by atoms with Crippen LogP contribution in [0.1, 0.15) is 40.4 Å². The summed E-state index contributed by atoms with van der Waals surface area (Å²) in [4.78, 5) is 67.5. The number of amides is 3. The summed E-state index contributed by atoms with van der Waals surface area (Å²) in [6.07, 6.45) is -1.43. The predicted molar refractivity (Wildman–Crippen MR) is 171 cm³/mol. The molecule has 0 spiro atoms. The fourth-order valence-electron chi connectivity index (χ4n) is 7.38. The number of Topliss-reactive ketones (excluding diaryl/α,β-unsaturated/α-hetero) is 3. The van der Waals surface area contributed by atoms with Gasteiger partial charge < -0.3 is 46.6 Å². The minimum absolute atomic E-state index is 0.00268. The van der Waals surface area contributed by atoms with Crippen molar-refractivity contribution in [2.75, 3.05) is 38.4 Å². The number of aliphatic hydroxyl groups excluding tert-OH is 2. The Kier molecular flexibility index (Phi) is 8.64. The number of likely N-dealkylation sites (N-methyl/N-ethyl adjacent to an activating group) is 1. The number of nitrogens with two attached hydrogens (primary N) is 1. The van der Waals surface area contributed by atoms with E-state index < -0.39 is 70.5 Å². The molecule has 0 aromatic heterocycles. The van der Waals surface area contributed by atoms with Crippen LogP contribution in [0.2, 0.25) is 0 Å². The fourth-order valence-corrected chi connectivity index (χ4v) is 7.38. The maximum Gasteiger partial charge on any atom is 0.319 e. The van der Waals surface area contributed by atoms with Gasteiger partial charge in [0.15, 0.2) is 17.2 Å². The van der Waals surface area contributed by atoms with Crippen LogP contribution in [0.15, 0.2) is 35.9 Å². The average Bonchev–Trinajstić information content (AvgIpc) is 2.98. The lowest BCUT2D eigenvalue weighted by Crippen LogP contribution is -2.73. The highest BCUT2D eigenvalue weighted by molar-refractivity contribution is 6.25. The molecule has 2 unspecified atom stereocenters. The Labute approximate surface area is 270 Å². The summed E-state index contributed by atoms with van der Waals surface area (Å²) >= 11 is 0. The third-order valence-corrected chi connectivity index (χ3v) is 9.61. The second-order valence-electron chi connectivity index (χ2n) is 12.9. The molecule has 3 amide bonds. The molecule has 3 aliphatic carbocycles. The molecule has 250 valence electrons. The largest absolute Gasteiger partial charge is 0.507 e. The van der Waals surface area contributed by atoms with Crippen LogP contribution in [0.4, 0.5) is 16.2 Å². The van der Waals surface area contributed by atoms with Crippen molar-refractivity contribution in [3.05, 3.63) is 58.2 Å². The number of nitrogens with one attached hydrogen (secondary N) is 2. The van der Waals surface area contributed by atoms with Gasteiger partial charge in [0, 0.05) is 60.7 Å². The third-order valence-electron chi connectivity index (χ3n) is 9.61. The van der Waals surface area contributed by atoms with Crippen molar-refractivity contribution in [1.29, 1.82) is 0 Å². The molecule has 2 saturated carbocycles. The Hall–Kier alpha value is -4.79. The number of ketones is 3. The number of primary amides is 1. The van der Waals surface area contributed by atoms with Gasteiger partial charge >= 0.3 is 6.03 Å². The van der Waals surface area contributed by atoms with Gasteiger partial charge in [0.25, 0.3) is 0 Å². The summed E-state index contributed by atoms with van der Waals surface area (Å²) in [6.45, 7) is 1.24. The monoisotopic (exact) mass is 649 g/mol. The van der Waals surface area contributed by atoms with Crippen molar-refractivity contribution >= 4 is 46.4 Å². The number of urea groups is 1. The van der Waals surface area contributed by atoms with Crippen molar-refractivity contribution in [2.24, 2.45) is 23.5 Å². The lowest BCUT2D eigenvalue weighted by atomic mass is 9.54. The second-order valence-corrected chi connectivity index (χ2v) is 12.9. The van der Waals surface area contributed by atoms with E-state index in [1.165, 1.54) is 11.8 Å². The molecule has 2 aromatic rings. The van der Waals surface area contributed by atoms with E-state index in [2.05, 4.69) is 10.6 Å². The van der Waals surface area contributed by atoms with Gasteiger partial charge in [-0.2, -0.15) is 0 Å². The summed E-state index contributed by atoms with van der Waals surface area (Å²) in [5.41, 5.74) is 4.56. The Morgan fingerprint density at radius 3 is 2.26 bits per heavy atom. The zero-order valence-corrected chi connectivity index (χ0v) is 26.7. The molecule has 0 aliphatic heterocycles. The van der Waals surface area contributed by atoms with Crippen LogP contribution in [-0.4, -0.2) is 101 Å². The second kappa shape index (κ2) is 12.1. The predicted octanol–water partition coefficient (Wildman–Crippen LogP) is 0.719. The van der Waals surface area contributed by atoms with Crippen LogP contribution in [-0.2, 0) is 27.3 Å². The van der Waals surface area contributed by atoms with Gasteiger partial charge in [-0.3, -0.25) is 19.2 Å². The number of carbonyl (C=O) groups is 5. The van der Waals surface area contributed by atoms with Crippen LogP contribution >= 0.6 is 0 Å². The minimum Gasteiger partial charge on any atom is -0.507 e. The van der Waals surface area contributed by atoms with Crippen molar-refractivity contribution in [2.45, 2.75) is 44.1 Å². The fraction of sp³-hybridized carbons (Fsp3) is 0.424. The Morgan fingerprint density at radius 1 is 1.06 bits per heavy atom. The molecule has 14 heteroatoms. The Morgan fingerprint density at radius 2 is 1.70 bits per heavy atom. The molecule has 47 heavy (non-hydrogen) atoms. The first kappa shape index (κ1) is 33.6. The number of fused-ring (bicyclic) bond motifs is 3. The number of hydrogen-bond acceptors (Lipinski definition) is 11. The zero-order chi connectivity index (χ0) is 34.7. The highest BCUT2D eigenvalue weighted by atomic mass is 16.3. The SMILES string of the molecule is CC(=O)c1ccc(NC(=O)NCc2cc(N(C)C)c3c(c2O)C(O)=C2C(=O)[C@@]4(O)C(=O)C(C(N)=O)C(O)[C@H](N(C)C)[C@H]4C[C@H]2C3)cc1. The maximum absolute atomic E-state index is 14.1. The summed E-state index contributed by atoms with van der Waals surface area (Å²) in [7, 11) is 6.69. The molecule has 0 bridgehead atoms. The standard InChI is InChI=1S/C33H39N5O9/c1-14(39)15-6-8-18(9-7-15)36-32(46)35-13-17-12-21(37(2)3)19-10-16-11-20-25(38(4)5)28(42)24(31(34)45)30(44)33(20,47)29(43)22(16)27(41)23(19)26(17)40/h6-9,12,16,20,24-25,28,40-42,47H,10-11,13H2,1-5H3,(H2,34,45)(H2,35,36,46)/t16-,20-,24?,25-,28?,33-/m1/s1. The Balaban J connectivity index is 1.52. The maximum atomic E-state index is 14.1. The van der Waals surface area contributed by atoms with Crippen LogP contribution in [0.3, 0.4) is 0 Å². The van der Waals surface area contributed by atoms with Gasteiger partial charge in [0.05, 0.1) is 11.7 Å². The molecule has 3 aliphatic rings. The molecule has 8 N–H and O–H groups in total. The number of benzene rings is 2. The first-order valence-corrected chi connectivity index (χ1v) is 15.1. The normalized spacial score (nSPS) is 26.7. The average molecular weight is 650 g/mol. The highest BCUT2D eigenvalue weighted by Crippen LogP contribution is 2.53. The van der Waals surface area contributed by atoms with Crippen molar-refractivity contribution in [3.8, 4) is 5.75 Å². The minimum atomic E-state index is -2.76. The van der Waals surface area contributed by atoms with Crippen LogP contribution in [0.5, 0.6) is 5.75 Å². The topological polar surface area (TPSA) is 223 Å². The van der Waals surface area contributed by atoms with Crippen molar-refractivity contribution < 1.29 is 44.4 Å². The lowest BCUT2D eigenvalue weighted by molar-refractivity contribution is -0.184. The van der Waals surface area contributed by atoms with Gasteiger partial charge in [-0.05, 0) is 75.7 Å². The van der Waals surface area contributed by atoms with Gasteiger partial charge in [0.2, 0.25) is 11.7 Å². The molecule has 0 radical (unpaired) electrons. The molecule has 0 saturated heterocycles. The highest BCUT2D eigenvalue weighted by Gasteiger charge is 2.67. The van der Waals surface area contributed by atoms with Crippen molar-refractivity contribution in [1.82, 2.24) is 10.2 Å². The number of anilines is 2. The molecule has 0 heterocycles. The number of phenols is 1. The van der Waals surface area contributed by atoms with Gasteiger partial charge in [-0.1, -0.05) is 0 Å². The molecule has 6 atom stereocenters. The van der Waals surface area contributed by atoms with Crippen LogP contribution in [0, 0.1) is 17.8 Å². The number of hydrogen-bond donors (Lipinski definition) is 7. The van der Waals surface area contributed by atoms with E-state index in [9.17, 15) is 44.4 Å². The Bertz CT molecular complexity index is 1720. The van der Waals surface area contributed by atoms with E-state index in [0.717, 1.165) is 0 Å². The summed E-state index contributed by atoms with van der Waals surface area (Å²) in [5.74, 6) is -8.35. The third kappa shape index (κ3) is 5.41. The van der Waals surface area contributed by atoms with Gasteiger partial charge in [-0.15, -0.1) is 0 Å². The summed E-state index contributed by atoms with van der Waals surface area (Å²) in [6, 6.07) is 6.34. The number of rotatable bonds is 7. The molecule has 2 fully saturated rings. The van der Waals surface area contributed by atoms with Crippen LogP contribution < -0.4 is 21.3 Å². The smallest absolute Gasteiger partial charge is 0.319 e. The number of aromatic hydroxyl groups is 1. The number of carbonyl (C=O) groups excluding carboxylic acids is 5. The molecule has 14 nitrogen and oxygen atoms in total. The van der Waals surface area contributed by atoms with E-state index in [1.54, 1.807) is 63.4 Å². The first-order chi connectivity index (χ1) is 22.0. The van der Waals surface area contributed by atoms with E-state index in [-0.39, 0.29) is 41.9 Å². The van der Waals surface area contributed by atoms with Gasteiger partial charge in [0.1, 0.15) is 17.4 Å². The lowest BCUT2D eigenvalue weighted by Gasteiger charge is -2.53. The van der Waals surface area contributed by atoms with Gasteiger partial charge in [-0.25, -0.2) is 4.79 Å². The molecular weight excluding hydrogens is 610 g/mol. The van der Waals surface area contributed by atoms with E-state index in [4.69, 9.17) is 5.73 Å². The quantitative estimate of drug-likeness (QED) is 0.164.